The van der Waals surface area contributed by atoms with E-state index in [4.69, 9.17) is 4.74 Å². The van der Waals surface area contributed by atoms with Crippen LogP contribution >= 0.6 is 11.8 Å². The van der Waals surface area contributed by atoms with Gasteiger partial charge in [-0.2, -0.15) is 11.8 Å². The first-order valence-corrected chi connectivity index (χ1v) is 13.5. The number of anilines is 1. The third-order valence-electron chi connectivity index (χ3n) is 4.75. The van der Waals surface area contributed by atoms with Crippen molar-refractivity contribution in [2.24, 2.45) is 0 Å². The molecule has 1 amide bonds. The van der Waals surface area contributed by atoms with Gasteiger partial charge in [0, 0.05) is 18.1 Å². The quantitative estimate of drug-likeness (QED) is 0.403. The number of carbonyl (C=O) groups is 1. The number of nitrogens with one attached hydrogen (secondary N) is 1. The topological polar surface area (TPSA) is 75.7 Å². The molecule has 0 spiro atoms. The second kappa shape index (κ2) is 11.8. The average Bonchev–Trinajstić information content (AvgIpc) is 2.79. The lowest BCUT2D eigenvalue weighted by atomic mass is 10.2. The minimum atomic E-state index is -3.72. The van der Waals surface area contributed by atoms with Crippen molar-refractivity contribution < 1.29 is 17.9 Å². The van der Waals surface area contributed by atoms with E-state index in [9.17, 15) is 13.2 Å². The number of thioether (sulfide) groups is 1. The van der Waals surface area contributed by atoms with Gasteiger partial charge in [0.25, 0.3) is 0 Å². The van der Waals surface area contributed by atoms with Gasteiger partial charge in [-0.1, -0.05) is 60.2 Å². The van der Waals surface area contributed by atoms with Crippen LogP contribution in [0.4, 0.5) is 5.69 Å². The maximum absolute atomic E-state index is 12.5. The highest BCUT2D eigenvalue weighted by Gasteiger charge is 2.24. The molecule has 0 unspecified atom stereocenters. The van der Waals surface area contributed by atoms with Gasteiger partial charge in [0.15, 0.2) is 5.75 Å². The zero-order valence-electron chi connectivity index (χ0n) is 18.7. The van der Waals surface area contributed by atoms with Crippen LogP contribution in [-0.4, -0.2) is 39.4 Å². The summed E-state index contributed by atoms with van der Waals surface area (Å²) in [5.74, 6) is 2.15. The van der Waals surface area contributed by atoms with E-state index in [1.54, 1.807) is 48.2 Å². The smallest absolute Gasteiger partial charge is 0.240 e. The fourth-order valence-electron chi connectivity index (χ4n) is 3.07. The molecule has 0 aromatic heterocycles. The Morgan fingerprint density at radius 3 is 2.33 bits per heavy atom. The lowest BCUT2D eigenvalue weighted by molar-refractivity contribution is -0.119. The number of rotatable bonds is 11. The standard InChI is InChI=1S/C25H28N2O4S2/c1-20-12-14-21(15-13-20)19-32-17-16-26-25(28)18-27(33(2,29)30)23-10-6-7-11-24(23)31-22-8-4-3-5-9-22/h3-15H,16-19H2,1-2H3,(H,26,28). The van der Waals surface area contributed by atoms with Crippen LogP contribution in [0.1, 0.15) is 11.1 Å². The largest absolute Gasteiger partial charge is 0.455 e. The number of aryl methyl sites for hydroxylation is 1. The van der Waals surface area contributed by atoms with Crippen molar-refractivity contribution >= 4 is 33.4 Å². The molecule has 3 aromatic carbocycles. The molecule has 0 saturated heterocycles. The Kier molecular flexibility index (Phi) is 8.79. The number of nitrogens with zero attached hydrogens (tertiary/aromatic N) is 1. The average molecular weight is 485 g/mol. The van der Waals surface area contributed by atoms with E-state index in [0.29, 0.717) is 23.7 Å². The van der Waals surface area contributed by atoms with Crippen molar-refractivity contribution in [3.63, 3.8) is 0 Å². The summed E-state index contributed by atoms with van der Waals surface area (Å²) in [6, 6.07) is 24.2. The molecule has 33 heavy (non-hydrogen) atoms. The highest BCUT2D eigenvalue weighted by atomic mass is 32.2. The zero-order chi connectivity index (χ0) is 23.7. The molecule has 0 saturated carbocycles. The number of amides is 1. The van der Waals surface area contributed by atoms with E-state index in [0.717, 1.165) is 22.1 Å². The molecule has 8 heteroatoms. The van der Waals surface area contributed by atoms with Gasteiger partial charge in [-0.3, -0.25) is 9.10 Å². The third kappa shape index (κ3) is 7.83. The van der Waals surface area contributed by atoms with Gasteiger partial charge in [0.2, 0.25) is 15.9 Å². The van der Waals surface area contributed by atoms with Crippen molar-refractivity contribution in [3.8, 4) is 11.5 Å². The minimum Gasteiger partial charge on any atom is -0.455 e. The first-order valence-electron chi connectivity index (χ1n) is 10.5. The highest BCUT2D eigenvalue weighted by molar-refractivity contribution is 7.98. The van der Waals surface area contributed by atoms with Crippen molar-refractivity contribution in [3.05, 3.63) is 90.0 Å². The summed E-state index contributed by atoms with van der Waals surface area (Å²) in [4.78, 5) is 12.5. The molecule has 3 aromatic rings. The number of ether oxygens (including phenoxy) is 1. The lowest BCUT2D eigenvalue weighted by Gasteiger charge is -2.24. The van der Waals surface area contributed by atoms with Crippen LogP contribution in [0.2, 0.25) is 0 Å². The molecule has 0 aliphatic heterocycles. The summed E-state index contributed by atoms with van der Waals surface area (Å²) in [5, 5.41) is 2.81. The number of hydrogen-bond donors (Lipinski definition) is 1. The summed E-state index contributed by atoms with van der Waals surface area (Å²) in [7, 11) is -3.72. The summed E-state index contributed by atoms with van der Waals surface area (Å²) in [5.41, 5.74) is 2.77. The van der Waals surface area contributed by atoms with Crippen LogP contribution in [-0.2, 0) is 20.6 Å². The van der Waals surface area contributed by atoms with Crippen molar-refractivity contribution in [2.45, 2.75) is 12.7 Å². The summed E-state index contributed by atoms with van der Waals surface area (Å²) < 4.78 is 32.0. The summed E-state index contributed by atoms with van der Waals surface area (Å²) in [6.45, 7) is 2.18. The number of para-hydroxylation sites is 3. The van der Waals surface area contributed by atoms with Crippen molar-refractivity contribution in [2.75, 3.05) is 29.4 Å². The second-order valence-electron chi connectivity index (χ2n) is 7.54. The first kappa shape index (κ1) is 24.7. The zero-order valence-corrected chi connectivity index (χ0v) is 20.4. The van der Waals surface area contributed by atoms with Crippen LogP contribution in [0, 0.1) is 6.92 Å². The lowest BCUT2D eigenvalue weighted by Crippen LogP contribution is -2.41. The number of carbonyl (C=O) groups excluding carboxylic acids is 1. The molecule has 0 fully saturated rings. The highest BCUT2D eigenvalue weighted by Crippen LogP contribution is 2.33. The SMILES string of the molecule is Cc1ccc(CSCCNC(=O)CN(c2ccccc2Oc2ccccc2)S(C)(=O)=O)cc1. The van der Waals surface area contributed by atoms with E-state index in [1.165, 1.54) is 11.1 Å². The Morgan fingerprint density at radius 1 is 0.970 bits per heavy atom. The number of sulfonamides is 1. The van der Waals surface area contributed by atoms with Crippen LogP contribution in [0.15, 0.2) is 78.9 Å². The Labute approximate surface area is 200 Å². The predicted octanol–water partition coefficient (Wildman–Crippen LogP) is 4.60. The number of hydrogen-bond acceptors (Lipinski definition) is 5. The van der Waals surface area contributed by atoms with Crippen LogP contribution < -0.4 is 14.4 Å². The first-order chi connectivity index (χ1) is 15.8. The van der Waals surface area contributed by atoms with Gasteiger partial charge < -0.3 is 10.1 Å². The normalized spacial score (nSPS) is 11.1. The van der Waals surface area contributed by atoms with Gasteiger partial charge in [-0.25, -0.2) is 8.42 Å². The second-order valence-corrected chi connectivity index (χ2v) is 10.6. The molecule has 174 valence electrons. The summed E-state index contributed by atoms with van der Waals surface area (Å²) in [6.07, 6.45) is 1.08. The molecule has 0 atom stereocenters. The molecule has 6 nitrogen and oxygen atoms in total. The molecule has 0 radical (unpaired) electrons. The third-order valence-corrected chi connectivity index (χ3v) is 6.91. The fraction of sp³-hybridized carbons (Fsp3) is 0.240. The summed E-state index contributed by atoms with van der Waals surface area (Å²) >= 11 is 1.71. The number of benzene rings is 3. The van der Waals surface area contributed by atoms with Crippen LogP contribution in [0.3, 0.4) is 0 Å². The van der Waals surface area contributed by atoms with Crippen molar-refractivity contribution in [1.82, 2.24) is 5.32 Å². The van der Waals surface area contributed by atoms with E-state index in [-0.39, 0.29) is 12.5 Å². The molecule has 0 heterocycles. The van der Waals surface area contributed by atoms with E-state index >= 15 is 0 Å². The van der Waals surface area contributed by atoms with Gasteiger partial charge in [-0.15, -0.1) is 0 Å². The monoisotopic (exact) mass is 484 g/mol. The molecular formula is C25H28N2O4S2. The molecule has 0 bridgehead atoms. The molecular weight excluding hydrogens is 456 g/mol. The molecule has 0 aliphatic carbocycles. The fourth-order valence-corrected chi connectivity index (χ4v) is 4.75. The Bertz CT molecular complexity index is 1150. The van der Waals surface area contributed by atoms with Crippen molar-refractivity contribution in [1.29, 1.82) is 0 Å². The van der Waals surface area contributed by atoms with E-state index in [1.807, 2.05) is 18.2 Å². The van der Waals surface area contributed by atoms with Gasteiger partial charge in [0.1, 0.15) is 12.3 Å². The molecule has 0 aliphatic rings. The Morgan fingerprint density at radius 2 is 1.64 bits per heavy atom. The van der Waals surface area contributed by atoms with Gasteiger partial charge in [0.05, 0.1) is 11.9 Å². The molecule has 3 rings (SSSR count). The Hall–Kier alpha value is -2.97. The van der Waals surface area contributed by atoms with Gasteiger partial charge >= 0.3 is 0 Å². The maximum atomic E-state index is 12.5. The minimum absolute atomic E-state index is 0.313. The van der Waals surface area contributed by atoms with Crippen LogP contribution in [0.5, 0.6) is 11.5 Å². The maximum Gasteiger partial charge on any atom is 0.240 e. The predicted molar refractivity (Wildman–Crippen MR) is 135 cm³/mol. The van der Waals surface area contributed by atoms with E-state index in [2.05, 4.69) is 36.5 Å². The Balaban J connectivity index is 1.58. The van der Waals surface area contributed by atoms with Crippen LogP contribution in [0.25, 0.3) is 0 Å². The molecule has 1 N–H and O–H groups in total. The van der Waals surface area contributed by atoms with E-state index < -0.39 is 10.0 Å². The van der Waals surface area contributed by atoms with Gasteiger partial charge in [-0.05, 0) is 36.8 Å².